The number of nitrogens with zero attached hydrogens (tertiary/aromatic N) is 1. The first-order chi connectivity index (χ1) is 16.0. The van der Waals surface area contributed by atoms with Crippen molar-refractivity contribution in [3.8, 4) is 11.5 Å². The fraction of sp³-hybridized carbons (Fsp3) is 0.0833. The van der Waals surface area contributed by atoms with E-state index in [0.29, 0.717) is 31.4 Å². The first-order valence-corrected chi connectivity index (χ1v) is 11.7. The molecule has 9 heteroatoms. The summed E-state index contributed by atoms with van der Waals surface area (Å²) in [5.41, 5.74) is 4.06. The highest BCUT2D eigenvalue weighted by Gasteiger charge is 2.16. The molecule has 0 bridgehead atoms. The van der Waals surface area contributed by atoms with Crippen molar-refractivity contribution in [2.45, 2.75) is 6.61 Å². The molecule has 0 aliphatic heterocycles. The number of ether oxygens (including phenoxy) is 2. The van der Waals surface area contributed by atoms with Gasteiger partial charge < -0.3 is 9.47 Å². The largest absolute Gasteiger partial charge is 0.496 e. The quantitative estimate of drug-likeness (QED) is 0.207. The van der Waals surface area contributed by atoms with Gasteiger partial charge in [-0.3, -0.25) is 4.79 Å². The normalized spacial score (nSPS) is 11.2. The van der Waals surface area contributed by atoms with Crippen LogP contribution < -0.4 is 14.9 Å². The van der Waals surface area contributed by atoms with Crippen LogP contribution in [0.4, 0.5) is 0 Å². The minimum atomic E-state index is -0.369. The second-order valence-electron chi connectivity index (χ2n) is 6.88. The lowest BCUT2D eigenvalue weighted by Gasteiger charge is -2.12. The zero-order valence-electron chi connectivity index (χ0n) is 17.3. The Bertz CT molecular complexity index is 1350. The van der Waals surface area contributed by atoms with Crippen LogP contribution >= 0.6 is 46.1 Å². The maximum atomic E-state index is 12.5. The molecule has 0 radical (unpaired) electrons. The topological polar surface area (TPSA) is 59.9 Å². The summed E-state index contributed by atoms with van der Waals surface area (Å²) in [6.45, 7) is 0.218. The number of halogens is 3. The number of nitrogens with one attached hydrogen (secondary N) is 1. The molecule has 1 aromatic heterocycles. The van der Waals surface area contributed by atoms with Gasteiger partial charge in [-0.05, 0) is 48.0 Å². The van der Waals surface area contributed by atoms with Gasteiger partial charge in [-0.2, -0.15) is 5.10 Å². The smallest absolute Gasteiger partial charge is 0.283 e. The van der Waals surface area contributed by atoms with Crippen molar-refractivity contribution in [1.29, 1.82) is 0 Å². The maximum Gasteiger partial charge on any atom is 0.283 e. The minimum Gasteiger partial charge on any atom is -0.496 e. The predicted molar refractivity (Wildman–Crippen MR) is 136 cm³/mol. The summed E-state index contributed by atoms with van der Waals surface area (Å²) in [6, 6.07) is 18.1. The Kier molecular flexibility index (Phi) is 7.40. The number of amides is 1. The monoisotopic (exact) mass is 518 g/mol. The van der Waals surface area contributed by atoms with Crippen LogP contribution in [-0.2, 0) is 6.61 Å². The molecule has 3 aromatic carbocycles. The van der Waals surface area contributed by atoms with Crippen molar-refractivity contribution in [1.82, 2.24) is 5.43 Å². The zero-order chi connectivity index (χ0) is 23.4. The zero-order valence-corrected chi connectivity index (χ0v) is 20.4. The number of rotatable bonds is 7. The van der Waals surface area contributed by atoms with Gasteiger partial charge in [-0.15, -0.1) is 11.3 Å². The molecule has 1 N–H and O–H groups in total. The lowest BCUT2D eigenvalue weighted by Crippen LogP contribution is -2.16. The fourth-order valence-corrected chi connectivity index (χ4v) is 4.99. The number of benzene rings is 3. The van der Waals surface area contributed by atoms with E-state index in [2.05, 4.69) is 10.5 Å². The number of fused-ring (bicyclic) bond motifs is 1. The number of hydrogen-bond donors (Lipinski definition) is 1. The van der Waals surface area contributed by atoms with Crippen molar-refractivity contribution in [2.24, 2.45) is 5.10 Å². The Morgan fingerprint density at radius 2 is 1.85 bits per heavy atom. The molecule has 5 nitrogen and oxygen atoms in total. The van der Waals surface area contributed by atoms with E-state index in [1.165, 1.54) is 17.6 Å². The van der Waals surface area contributed by atoms with E-state index in [-0.39, 0.29) is 12.5 Å². The highest BCUT2D eigenvalue weighted by molar-refractivity contribution is 7.21. The van der Waals surface area contributed by atoms with Crippen molar-refractivity contribution >= 4 is 68.3 Å². The van der Waals surface area contributed by atoms with Crippen LogP contribution in [0, 0.1) is 0 Å². The average Bonchev–Trinajstić information content (AvgIpc) is 3.15. The number of thiophene rings is 1. The minimum absolute atomic E-state index is 0.218. The fourth-order valence-electron chi connectivity index (χ4n) is 3.12. The van der Waals surface area contributed by atoms with Gasteiger partial charge in [-0.1, -0.05) is 53.0 Å². The molecule has 33 heavy (non-hydrogen) atoms. The predicted octanol–water partition coefficient (Wildman–Crippen LogP) is 7.21. The van der Waals surface area contributed by atoms with E-state index in [1.54, 1.807) is 31.4 Å². The number of hydrazone groups is 1. The third-order valence-corrected chi connectivity index (χ3v) is 6.91. The van der Waals surface area contributed by atoms with Gasteiger partial charge in [-0.25, -0.2) is 5.43 Å². The first-order valence-electron chi connectivity index (χ1n) is 9.71. The van der Waals surface area contributed by atoms with E-state index in [4.69, 9.17) is 44.3 Å². The molecule has 4 aromatic rings. The molecule has 0 spiro atoms. The number of carbonyl (C=O) groups excluding carboxylic acids is 1. The van der Waals surface area contributed by atoms with Crippen LogP contribution in [0.3, 0.4) is 0 Å². The van der Waals surface area contributed by atoms with Gasteiger partial charge in [0.05, 0.1) is 23.4 Å². The molecule has 0 aliphatic carbocycles. The second kappa shape index (κ2) is 10.4. The molecule has 0 atom stereocenters. The SMILES string of the molecule is COc1ccc(C=NNC(=O)c2sc3ccccc3c2Cl)cc1COc1ccc(Cl)cc1Cl. The van der Waals surface area contributed by atoms with Gasteiger partial charge in [0.2, 0.25) is 0 Å². The maximum absolute atomic E-state index is 12.5. The van der Waals surface area contributed by atoms with Crippen LogP contribution in [-0.4, -0.2) is 19.2 Å². The van der Waals surface area contributed by atoms with Crippen LogP contribution in [0.1, 0.15) is 20.8 Å². The summed E-state index contributed by atoms with van der Waals surface area (Å²) < 4.78 is 12.2. The lowest BCUT2D eigenvalue weighted by molar-refractivity contribution is 0.0959. The molecule has 1 heterocycles. The Labute approximate surface area is 209 Å². The van der Waals surface area contributed by atoms with Gasteiger partial charge in [0, 0.05) is 20.7 Å². The van der Waals surface area contributed by atoms with Gasteiger partial charge >= 0.3 is 0 Å². The van der Waals surface area contributed by atoms with Crippen molar-refractivity contribution < 1.29 is 14.3 Å². The summed E-state index contributed by atoms with van der Waals surface area (Å²) in [5, 5.41) is 6.29. The molecular weight excluding hydrogens is 503 g/mol. The second-order valence-corrected chi connectivity index (χ2v) is 9.15. The van der Waals surface area contributed by atoms with Crippen molar-refractivity contribution in [3.63, 3.8) is 0 Å². The molecule has 0 unspecified atom stereocenters. The Balaban J connectivity index is 1.46. The highest BCUT2D eigenvalue weighted by atomic mass is 35.5. The third-order valence-electron chi connectivity index (χ3n) is 4.70. The summed E-state index contributed by atoms with van der Waals surface area (Å²) in [6.07, 6.45) is 1.54. The standard InChI is InChI=1S/C24H17Cl3N2O3S/c1-31-19-8-6-14(10-15(19)13-32-20-9-7-16(25)11-18(20)26)12-28-29-24(30)23-22(27)17-4-2-3-5-21(17)33-23/h2-12H,13H2,1H3,(H,29,30). The number of methoxy groups -OCH3 is 1. The van der Waals surface area contributed by atoms with Gasteiger partial charge in [0.1, 0.15) is 23.0 Å². The summed E-state index contributed by atoms with van der Waals surface area (Å²) >= 11 is 19.8. The molecule has 1 amide bonds. The van der Waals surface area contributed by atoms with Crippen LogP contribution in [0.2, 0.25) is 15.1 Å². The molecule has 0 aliphatic rings. The molecule has 4 rings (SSSR count). The van der Waals surface area contributed by atoms with Crippen molar-refractivity contribution in [2.75, 3.05) is 7.11 Å². The summed E-state index contributed by atoms with van der Waals surface area (Å²) in [5.74, 6) is 0.792. The van der Waals surface area contributed by atoms with Crippen molar-refractivity contribution in [3.05, 3.63) is 91.7 Å². The van der Waals surface area contributed by atoms with Crippen LogP contribution in [0.25, 0.3) is 10.1 Å². The Morgan fingerprint density at radius 3 is 2.61 bits per heavy atom. The van der Waals surface area contributed by atoms with Gasteiger partial charge in [0.15, 0.2) is 0 Å². The number of hydrogen-bond acceptors (Lipinski definition) is 5. The average molecular weight is 520 g/mol. The molecule has 0 saturated carbocycles. The molecule has 0 saturated heterocycles. The third kappa shape index (κ3) is 5.42. The van der Waals surface area contributed by atoms with Gasteiger partial charge in [0.25, 0.3) is 5.91 Å². The van der Waals surface area contributed by atoms with E-state index in [0.717, 1.165) is 21.2 Å². The van der Waals surface area contributed by atoms with E-state index >= 15 is 0 Å². The summed E-state index contributed by atoms with van der Waals surface area (Å²) in [7, 11) is 1.58. The lowest BCUT2D eigenvalue weighted by atomic mass is 10.1. The summed E-state index contributed by atoms with van der Waals surface area (Å²) in [4.78, 5) is 13.0. The highest BCUT2D eigenvalue weighted by Crippen LogP contribution is 2.35. The van der Waals surface area contributed by atoms with Crippen LogP contribution in [0.15, 0.2) is 65.8 Å². The molecule has 0 fully saturated rings. The van der Waals surface area contributed by atoms with E-state index in [9.17, 15) is 4.79 Å². The molecule has 168 valence electrons. The first kappa shape index (κ1) is 23.4. The number of carbonyl (C=O) groups is 1. The Hall–Kier alpha value is -2.77. The molecular formula is C24H17Cl3N2O3S. The van der Waals surface area contributed by atoms with E-state index in [1.807, 2.05) is 36.4 Å². The van der Waals surface area contributed by atoms with E-state index < -0.39 is 0 Å². The van der Waals surface area contributed by atoms with Crippen LogP contribution in [0.5, 0.6) is 11.5 Å². The Morgan fingerprint density at radius 1 is 1.06 bits per heavy atom.